The third kappa shape index (κ3) is 4.74. The quantitative estimate of drug-likeness (QED) is 0.447. The fourth-order valence-corrected chi connectivity index (χ4v) is 5.50. The van der Waals surface area contributed by atoms with E-state index in [9.17, 15) is 9.59 Å². The molecule has 32 heavy (non-hydrogen) atoms. The number of nitrogens with one attached hydrogen (secondary N) is 1. The van der Waals surface area contributed by atoms with Gasteiger partial charge in [0.25, 0.3) is 0 Å². The molecule has 0 saturated heterocycles. The first-order valence-electron chi connectivity index (χ1n) is 11.9. The van der Waals surface area contributed by atoms with Crippen LogP contribution in [-0.2, 0) is 15.1 Å². The summed E-state index contributed by atoms with van der Waals surface area (Å²) in [6.45, 7) is 6.18. The van der Waals surface area contributed by atoms with Crippen molar-refractivity contribution >= 4 is 17.6 Å². The van der Waals surface area contributed by atoms with Gasteiger partial charge >= 0.3 is 5.97 Å². The lowest BCUT2D eigenvalue weighted by atomic mass is 9.68. The highest BCUT2D eigenvalue weighted by Gasteiger charge is 2.39. The second-order valence-corrected chi connectivity index (χ2v) is 10.2. The summed E-state index contributed by atoms with van der Waals surface area (Å²) in [4.78, 5) is 24.9. The monoisotopic (exact) mass is 437 g/mol. The van der Waals surface area contributed by atoms with Gasteiger partial charge in [0.1, 0.15) is 5.82 Å². The first-order chi connectivity index (χ1) is 15.3. The Balaban J connectivity index is 1.57. The maximum absolute atomic E-state index is 13.6. The van der Waals surface area contributed by atoms with Crippen LogP contribution >= 0.6 is 0 Å². The molecule has 0 radical (unpaired) electrons. The number of hydrogen-bond donors (Lipinski definition) is 1. The van der Waals surface area contributed by atoms with Crippen LogP contribution in [0.2, 0.25) is 0 Å². The second kappa shape index (κ2) is 9.08. The summed E-state index contributed by atoms with van der Waals surface area (Å²) in [5.41, 5.74) is 1.60. The molecule has 0 amide bonds. The van der Waals surface area contributed by atoms with E-state index in [4.69, 9.17) is 4.74 Å². The molecule has 1 saturated carbocycles. The van der Waals surface area contributed by atoms with Crippen LogP contribution in [0.4, 0.5) is 5.82 Å². The predicted octanol–water partition coefficient (Wildman–Crippen LogP) is 5.65. The highest BCUT2D eigenvalue weighted by Crippen LogP contribution is 2.45. The molecule has 2 heterocycles. The molecule has 172 valence electrons. The Morgan fingerprint density at radius 3 is 2.56 bits per heavy atom. The topological polar surface area (TPSA) is 73.2 Å². The molecule has 1 aliphatic heterocycles. The summed E-state index contributed by atoms with van der Waals surface area (Å²) in [6, 6.07) is 10.5. The van der Waals surface area contributed by atoms with Crippen molar-refractivity contribution in [3.8, 4) is 0 Å². The lowest BCUT2D eigenvalue weighted by Crippen LogP contribution is -2.38. The minimum Gasteiger partial charge on any atom is -0.466 e. The maximum atomic E-state index is 13.6. The van der Waals surface area contributed by atoms with E-state index in [1.165, 1.54) is 18.9 Å². The maximum Gasteiger partial charge on any atom is 0.302 e. The summed E-state index contributed by atoms with van der Waals surface area (Å²) < 4.78 is 7.22. The van der Waals surface area contributed by atoms with Crippen LogP contribution in [0.1, 0.15) is 94.1 Å². The fraction of sp³-hybridized carbons (Fsp3) is 0.577. The molecule has 4 rings (SSSR count). The molecule has 1 N–H and O–H groups in total. The lowest BCUT2D eigenvalue weighted by Gasteiger charge is -2.39. The molecule has 0 spiro atoms. The second-order valence-electron chi connectivity index (χ2n) is 10.2. The van der Waals surface area contributed by atoms with Crippen molar-refractivity contribution in [1.29, 1.82) is 0 Å². The number of carbonyl (C=O) groups excluding carboxylic acids is 2. The number of Topliss-reactive ketones (excluding diaryl/α,β-unsaturated/α-hetero) is 1. The Morgan fingerprint density at radius 2 is 1.88 bits per heavy atom. The predicted molar refractivity (Wildman–Crippen MR) is 125 cm³/mol. The average Bonchev–Trinajstić information content (AvgIpc) is 3.20. The Labute approximate surface area is 190 Å². The van der Waals surface area contributed by atoms with E-state index in [0.29, 0.717) is 18.6 Å². The first kappa shape index (κ1) is 22.6. The van der Waals surface area contributed by atoms with Crippen LogP contribution in [0.15, 0.2) is 36.5 Å². The van der Waals surface area contributed by atoms with Crippen LogP contribution in [-0.4, -0.2) is 28.1 Å². The number of fused-ring (bicyclic) bond motifs is 1. The van der Waals surface area contributed by atoms with Gasteiger partial charge in [-0.2, -0.15) is 5.10 Å². The summed E-state index contributed by atoms with van der Waals surface area (Å²) in [5, 5.41) is 8.24. The number of ether oxygens (including phenoxy) is 1. The van der Waals surface area contributed by atoms with Crippen molar-refractivity contribution in [1.82, 2.24) is 9.78 Å². The first-order valence-corrected chi connectivity index (χ1v) is 11.9. The zero-order valence-electron chi connectivity index (χ0n) is 19.5. The molecule has 1 atom stereocenters. The molecule has 1 unspecified atom stereocenters. The highest BCUT2D eigenvalue weighted by atomic mass is 16.5. The van der Waals surface area contributed by atoms with Crippen LogP contribution in [0.25, 0.3) is 0 Å². The molecule has 2 aliphatic rings. The van der Waals surface area contributed by atoms with E-state index in [2.05, 4.69) is 48.5 Å². The van der Waals surface area contributed by atoms with E-state index >= 15 is 0 Å². The number of aromatic nitrogens is 2. The lowest BCUT2D eigenvalue weighted by molar-refractivity contribution is -0.141. The van der Waals surface area contributed by atoms with Crippen molar-refractivity contribution in [2.45, 2.75) is 83.7 Å². The van der Waals surface area contributed by atoms with Crippen LogP contribution in [0, 0.1) is 5.41 Å². The Kier molecular flexibility index (Phi) is 6.40. The van der Waals surface area contributed by atoms with Gasteiger partial charge in [0.05, 0.1) is 29.9 Å². The standard InChI is InChI=1S/C26H35N3O3/c1-19(30)32-15-14-26(12-8-5-9-13-26)17-23(31)21-18-27-29-24(21)28-22(16-25(29,2)3)20-10-6-4-7-11-20/h4,6-7,10-11,18,22,28H,5,8-9,12-17H2,1-3H3. The van der Waals surface area contributed by atoms with Gasteiger partial charge in [-0.15, -0.1) is 0 Å². The number of ketones is 1. The van der Waals surface area contributed by atoms with E-state index in [1.807, 2.05) is 10.7 Å². The molecular weight excluding hydrogens is 402 g/mol. The van der Waals surface area contributed by atoms with Gasteiger partial charge in [0.2, 0.25) is 0 Å². The van der Waals surface area contributed by atoms with Crippen molar-refractivity contribution in [3.05, 3.63) is 47.7 Å². The molecule has 1 aromatic heterocycles. The number of esters is 1. The van der Waals surface area contributed by atoms with Gasteiger partial charge in [0.15, 0.2) is 5.78 Å². The third-order valence-corrected chi connectivity index (χ3v) is 7.25. The molecule has 1 fully saturated rings. The van der Waals surface area contributed by atoms with E-state index in [0.717, 1.165) is 44.3 Å². The van der Waals surface area contributed by atoms with Gasteiger partial charge < -0.3 is 10.1 Å². The SMILES string of the molecule is CC(=O)OCCC1(CC(=O)c2cnn3c2NC(c2ccccc2)CC3(C)C)CCCCC1. The van der Waals surface area contributed by atoms with Crippen molar-refractivity contribution in [3.63, 3.8) is 0 Å². The van der Waals surface area contributed by atoms with Crippen molar-refractivity contribution in [2.75, 3.05) is 11.9 Å². The Bertz CT molecular complexity index is 958. The molecule has 6 nitrogen and oxygen atoms in total. The summed E-state index contributed by atoms with van der Waals surface area (Å²) in [6.07, 6.45) is 9.33. The van der Waals surface area contributed by atoms with Gasteiger partial charge in [-0.3, -0.25) is 9.59 Å². The van der Waals surface area contributed by atoms with E-state index in [1.54, 1.807) is 6.20 Å². The van der Waals surface area contributed by atoms with Gasteiger partial charge in [-0.1, -0.05) is 49.6 Å². The molecule has 1 aromatic carbocycles. The third-order valence-electron chi connectivity index (χ3n) is 7.25. The Hall–Kier alpha value is -2.63. The van der Waals surface area contributed by atoms with Gasteiger partial charge in [-0.05, 0) is 50.5 Å². The van der Waals surface area contributed by atoms with Crippen LogP contribution in [0.3, 0.4) is 0 Å². The summed E-state index contributed by atoms with van der Waals surface area (Å²) in [5.74, 6) is 0.699. The average molecular weight is 438 g/mol. The summed E-state index contributed by atoms with van der Waals surface area (Å²) in [7, 11) is 0. The number of benzene rings is 1. The largest absolute Gasteiger partial charge is 0.466 e. The number of anilines is 1. The molecule has 1 aliphatic carbocycles. The van der Waals surface area contributed by atoms with Gasteiger partial charge in [-0.25, -0.2) is 4.68 Å². The molecular formula is C26H35N3O3. The zero-order chi connectivity index (χ0) is 22.8. The minimum absolute atomic E-state index is 0.0946. The smallest absolute Gasteiger partial charge is 0.302 e. The molecule has 0 bridgehead atoms. The number of carbonyl (C=O) groups is 2. The number of rotatable bonds is 7. The minimum atomic E-state index is -0.258. The van der Waals surface area contributed by atoms with Crippen molar-refractivity contribution < 1.29 is 14.3 Å². The normalized spacial score (nSPS) is 21.3. The fourth-order valence-electron chi connectivity index (χ4n) is 5.50. The molecule has 6 heteroatoms. The van der Waals surface area contributed by atoms with Crippen LogP contribution < -0.4 is 5.32 Å². The molecule has 2 aromatic rings. The van der Waals surface area contributed by atoms with E-state index in [-0.39, 0.29) is 28.7 Å². The van der Waals surface area contributed by atoms with Crippen LogP contribution in [0.5, 0.6) is 0 Å². The van der Waals surface area contributed by atoms with Crippen molar-refractivity contribution in [2.24, 2.45) is 5.41 Å². The summed E-state index contributed by atoms with van der Waals surface area (Å²) >= 11 is 0. The van der Waals surface area contributed by atoms with Gasteiger partial charge in [0, 0.05) is 13.3 Å². The number of nitrogens with zero attached hydrogens (tertiary/aromatic N) is 2. The zero-order valence-corrected chi connectivity index (χ0v) is 19.5. The van der Waals surface area contributed by atoms with E-state index < -0.39 is 0 Å². The Morgan fingerprint density at radius 1 is 1.16 bits per heavy atom. The number of hydrogen-bond acceptors (Lipinski definition) is 5. The highest BCUT2D eigenvalue weighted by molar-refractivity contribution is 6.01.